The highest BCUT2D eigenvalue weighted by atomic mass is 32.1. The van der Waals surface area contributed by atoms with Crippen LogP contribution in [0.1, 0.15) is 31.9 Å². The Labute approximate surface area is 188 Å². The summed E-state index contributed by atoms with van der Waals surface area (Å²) in [6, 6.07) is 15.2. The zero-order valence-electron chi connectivity index (χ0n) is 18.3. The number of rotatable bonds is 7. The lowest BCUT2D eigenvalue weighted by atomic mass is 10.0. The normalized spacial score (nSPS) is 13.1. The summed E-state index contributed by atoms with van der Waals surface area (Å²) in [5, 5.41) is 16.7. The Bertz CT molecular complexity index is 1050. The van der Waals surface area contributed by atoms with E-state index in [9.17, 15) is 5.11 Å². The van der Waals surface area contributed by atoms with E-state index in [1.54, 1.807) is 7.11 Å². The molecule has 0 radical (unpaired) electrons. The Hall–Kier alpha value is -3.06. The number of ether oxygens (including phenoxy) is 2. The van der Waals surface area contributed by atoms with Crippen LogP contribution in [0.25, 0.3) is 10.9 Å². The Morgan fingerprint density at radius 3 is 2.55 bits per heavy atom. The van der Waals surface area contributed by atoms with Crippen molar-refractivity contribution < 1.29 is 14.6 Å². The molecule has 164 valence electrons. The molecule has 7 heteroatoms. The average molecular weight is 439 g/mol. The lowest BCUT2D eigenvalue weighted by molar-refractivity contribution is -0.260. The maximum absolute atomic E-state index is 12.4. The number of nitrogens with one attached hydrogen (secondary N) is 2. The Morgan fingerprint density at radius 2 is 1.87 bits per heavy atom. The summed E-state index contributed by atoms with van der Waals surface area (Å²) in [6.45, 7) is 5.97. The number of aromatic nitrogens is 1. The van der Waals surface area contributed by atoms with Crippen LogP contribution in [0.4, 0.5) is 0 Å². The van der Waals surface area contributed by atoms with E-state index in [-0.39, 0.29) is 0 Å². The van der Waals surface area contributed by atoms with E-state index < -0.39 is 17.7 Å². The topological polar surface area (TPSA) is 81.7 Å². The third-order valence-electron chi connectivity index (χ3n) is 4.67. The van der Waals surface area contributed by atoms with Crippen molar-refractivity contribution in [3.63, 3.8) is 0 Å². The number of nitrogens with zero attached hydrogens (tertiary/aromatic N) is 1. The van der Waals surface area contributed by atoms with Crippen molar-refractivity contribution >= 4 is 34.2 Å². The molecular formula is C24H28N3O3S-. The average Bonchev–Trinajstić information content (AvgIpc) is 3.13. The Balaban J connectivity index is 1.78. The number of aliphatic imine (C=N–C) groups is 1. The highest BCUT2D eigenvalue weighted by Gasteiger charge is 2.17. The van der Waals surface area contributed by atoms with Crippen LogP contribution in [-0.2, 0) is 17.7 Å². The van der Waals surface area contributed by atoms with Gasteiger partial charge in [0.15, 0.2) is 0 Å². The fourth-order valence-electron chi connectivity index (χ4n) is 3.17. The maximum atomic E-state index is 12.4. The number of hydrogen-bond donors (Lipinski definition) is 2. The molecule has 1 atom stereocenters. The van der Waals surface area contributed by atoms with Crippen LogP contribution in [0, 0.1) is 0 Å². The molecule has 31 heavy (non-hydrogen) atoms. The molecule has 1 aromatic heterocycles. The second kappa shape index (κ2) is 9.83. The summed E-state index contributed by atoms with van der Waals surface area (Å²) in [5.41, 5.74) is 2.50. The first-order valence-corrected chi connectivity index (χ1v) is 10.6. The second-order valence-electron chi connectivity index (χ2n) is 8.25. The molecule has 0 fully saturated rings. The van der Waals surface area contributed by atoms with Crippen LogP contribution in [0.3, 0.4) is 0 Å². The molecule has 0 unspecified atom stereocenters. The Morgan fingerprint density at radius 1 is 1.16 bits per heavy atom. The van der Waals surface area contributed by atoms with Crippen LogP contribution in [-0.4, -0.2) is 34.8 Å². The lowest BCUT2D eigenvalue weighted by Gasteiger charge is -2.30. The lowest BCUT2D eigenvalue weighted by Crippen LogP contribution is -2.38. The highest BCUT2D eigenvalue weighted by Crippen LogP contribution is 2.21. The minimum absolute atomic E-state index is 0.484. The molecule has 0 saturated carbocycles. The van der Waals surface area contributed by atoms with Crippen molar-refractivity contribution in [3.8, 4) is 5.75 Å². The number of para-hydroxylation sites is 1. The largest absolute Gasteiger partial charge is 0.595 e. The fraction of sp³-hybridized carbons (Fsp3) is 0.333. The van der Waals surface area contributed by atoms with Gasteiger partial charge in [0.1, 0.15) is 22.9 Å². The van der Waals surface area contributed by atoms with E-state index in [0.717, 1.165) is 27.8 Å². The van der Waals surface area contributed by atoms with Crippen molar-refractivity contribution in [1.82, 2.24) is 10.3 Å². The molecule has 3 aromatic rings. The molecule has 1 heterocycles. The van der Waals surface area contributed by atoms with Gasteiger partial charge < -0.3 is 24.9 Å². The zero-order valence-corrected chi connectivity index (χ0v) is 19.1. The van der Waals surface area contributed by atoms with Gasteiger partial charge in [0.2, 0.25) is 0 Å². The monoisotopic (exact) mass is 438 g/mol. The molecule has 0 aliphatic carbocycles. The molecular weight excluding hydrogens is 410 g/mol. The third kappa shape index (κ3) is 6.46. The van der Waals surface area contributed by atoms with Crippen LogP contribution >= 0.6 is 12.2 Å². The summed E-state index contributed by atoms with van der Waals surface area (Å²) in [6.07, 6.45) is 1.80. The third-order valence-corrected chi connectivity index (χ3v) is 5.09. The van der Waals surface area contributed by atoms with E-state index in [4.69, 9.17) is 21.7 Å². The van der Waals surface area contributed by atoms with E-state index in [1.165, 1.54) is 0 Å². The molecule has 0 aliphatic heterocycles. The van der Waals surface area contributed by atoms with Crippen LogP contribution in [0.15, 0.2) is 59.7 Å². The van der Waals surface area contributed by atoms with Gasteiger partial charge in [-0.2, -0.15) is 0 Å². The summed E-state index contributed by atoms with van der Waals surface area (Å²) in [5.74, 6) is 0.795. The predicted octanol–water partition coefficient (Wildman–Crippen LogP) is 3.74. The van der Waals surface area contributed by atoms with Gasteiger partial charge in [-0.05, 0) is 29.3 Å². The minimum atomic E-state index is -0.621. The molecule has 0 aliphatic rings. The number of aromatic amines is 1. The number of fused-ring (bicyclic) bond motifs is 1. The molecule has 6 nitrogen and oxygen atoms in total. The van der Waals surface area contributed by atoms with E-state index >= 15 is 0 Å². The standard InChI is InChI=1S/C24H29N3O3S/c1-24(2,3)30-23(28)27-21(13-17-15-25-20-8-6-5-7-19(17)20)22(31)26-14-16-9-11-18(29-4)12-10-16/h5-12,15,21,25H,13-14H2,1-4H3,(H,26,31)(H,27,28)/p-1/t21-/m1/s1. The van der Waals surface area contributed by atoms with E-state index in [2.05, 4.69) is 15.3 Å². The van der Waals surface area contributed by atoms with Crippen molar-refractivity contribution in [2.75, 3.05) is 7.11 Å². The predicted molar refractivity (Wildman–Crippen MR) is 126 cm³/mol. The summed E-state index contributed by atoms with van der Waals surface area (Å²) in [7, 11) is 1.63. The van der Waals surface area contributed by atoms with Crippen molar-refractivity contribution in [2.45, 2.75) is 45.4 Å². The molecule has 3 rings (SSSR count). The van der Waals surface area contributed by atoms with Gasteiger partial charge in [0.25, 0.3) is 0 Å². The first-order valence-electron chi connectivity index (χ1n) is 10.1. The first kappa shape index (κ1) is 22.6. The van der Waals surface area contributed by atoms with Crippen molar-refractivity contribution in [3.05, 3.63) is 65.9 Å². The summed E-state index contributed by atoms with van der Waals surface area (Å²) >= 11 is 5.63. The van der Waals surface area contributed by atoms with Crippen LogP contribution in [0.2, 0.25) is 0 Å². The van der Waals surface area contributed by atoms with Gasteiger partial charge in [-0.25, -0.2) is 0 Å². The van der Waals surface area contributed by atoms with Gasteiger partial charge in [0.05, 0.1) is 7.11 Å². The van der Waals surface area contributed by atoms with Gasteiger partial charge in [-0.3, -0.25) is 4.99 Å². The molecule has 2 N–H and O–H groups in total. The zero-order chi connectivity index (χ0) is 22.4. The summed E-state index contributed by atoms with van der Waals surface area (Å²) in [4.78, 5) is 8.04. The smallest absolute Gasteiger partial charge is 0.146 e. The van der Waals surface area contributed by atoms with Gasteiger partial charge in [0, 0.05) is 35.7 Å². The number of thiocarbonyl (C=S) groups is 1. The van der Waals surface area contributed by atoms with Gasteiger partial charge in [-0.15, -0.1) is 0 Å². The number of hydrogen-bond acceptors (Lipinski definition) is 5. The second-order valence-corrected chi connectivity index (χ2v) is 8.69. The maximum Gasteiger partial charge on any atom is 0.146 e. The molecule has 0 spiro atoms. The number of benzene rings is 2. The molecule has 2 aromatic carbocycles. The SMILES string of the molecule is COc1ccc(CNC(=S)[C@@H](Cc2c[nH]c3ccccc23)N=C([O-])OC(C)(C)C)cc1. The van der Waals surface area contributed by atoms with Crippen molar-refractivity contribution in [2.24, 2.45) is 4.99 Å². The van der Waals surface area contributed by atoms with Gasteiger partial charge >= 0.3 is 0 Å². The quantitative estimate of drug-likeness (QED) is 0.334. The molecule has 0 amide bonds. The van der Waals surface area contributed by atoms with Crippen molar-refractivity contribution in [1.29, 1.82) is 0 Å². The number of methoxy groups -OCH3 is 1. The van der Waals surface area contributed by atoms with Gasteiger partial charge in [-0.1, -0.05) is 63.3 Å². The number of H-pyrrole nitrogens is 1. The van der Waals surface area contributed by atoms with Crippen LogP contribution < -0.4 is 15.2 Å². The van der Waals surface area contributed by atoms with E-state index in [1.807, 2.05) is 75.5 Å². The van der Waals surface area contributed by atoms with Crippen LogP contribution in [0.5, 0.6) is 5.75 Å². The highest BCUT2D eigenvalue weighted by molar-refractivity contribution is 7.80. The fourth-order valence-corrected chi connectivity index (χ4v) is 3.38. The Kier molecular flexibility index (Phi) is 7.17. The molecule has 0 bridgehead atoms. The molecule has 0 saturated heterocycles. The first-order chi connectivity index (χ1) is 14.7. The minimum Gasteiger partial charge on any atom is -0.595 e. The summed E-state index contributed by atoms with van der Waals surface area (Å²) < 4.78 is 10.6. The van der Waals surface area contributed by atoms with E-state index in [0.29, 0.717) is 18.0 Å².